The number of para-hydroxylation sites is 1. The summed E-state index contributed by atoms with van der Waals surface area (Å²) >= 11 is 1.43. The monoisotopic (exact) mass is 560 g/mol. The van der Waals surface area contributed by atoms with Gasteiger partial charge in [0.1, 0.15) is 5.00 Å². The summed E-state index contributed by atoms with van der Waals surface area (Å²) in [7, 11) is -2.48. The minimum absolute atomic E-state index is 0.0905. The van der Waals surface area contributed by atoms with E-state index in [9.17, 15) is 18.0 Å². The predicted molar refractivity (Wildman–Crippen MR) is 153 cm³/mol. The Labute approximate surface area is 232 Å². The highest BCUT2D eigenvalue weighted by molar-refractivity contribution is 7.92. The van der Waals surface area contributed by atoms with Crippen molar-refractivity contribution in [3.63, 3.8) is 0 Å². The summed E-state index contributed by atoms with van der Waals surface area (Å²) in [5.74, 6) is -0.789. The second kappa shape index (κ2) is 11.4. The van der Waals surface area contributed by atoms with Crippen molar-refractivity contribution in [2.45, 2.75) is 37.1 Å². The molecule has 4 aromatic rings. The zero-order valence-corrected chi connectivity index (χ0v) is 23.1. The van der Waals surface area contributed by atoms with Gasteiger partial charge in [-0.05, 0) is 73.2 Å². The van der Waals surface area contributed by atoms with Crippen LogP contribution in [0.5, 0.6) is 0 Å². The first-order valence-corrected chi connectivity index (χ1v) is 14.9. The summed E-state index contributed by atoms with van der Waals surface area (Å²) in [4.78, 5) is 27.0. The van der Waals surface area contributed by atoms with E-state index in [4.69, 9.17) is 4.74 Å². The van der Waals surface area contributed by atoms with E-state index in [0.717, 1.165) is 41.7 Å². The van der Waals surface area contributed by atoms with Gasteiger partial charge >= 0.3 is 5.97 Å². The van der Waals surface area contributed by atoms with Crippen molar-refractivity contribution in [3.8, 4) is 0 Å². The number of nitrogens with one attached hydrogen (secondary N) is 1. The van der Waals surface area contributed by atoms with Gasteiger partial charge in [0, 0.05) is 10.4 Å². The van der Waals surface area contributed by atoms with Crippen molar-refractivity contribution in [1.82, 2.24) is 0 Å². The van der Waals surface area contributed by atoms with Gasteiger partial charge in [-0.2, -0.15) is 0 Å². The minimum Gasteiger partial charge on any atom is -0.465 e. The lowest BCUT2D eigenvalue weighted by Gasteiger charge is -2.25. The Hall–Kier alpha value is -3.95. The molecule has 3 aromatic carbocycles. The fourth-order valence-electron chi connectivity index (χ4n) is 4.70. The van der Waals surface area contributed by atoms with Crippen LogP contribution in [0.25, 0.3) is 0 Å². The molecule has 0 radical (unpaired) electrons. The summed E-state index contributed by atoms with van der Waals surface area (Å²) in [5, 5.41) is 3.41. The van der Waals surface area contributed by atoms with E-state index in [1.54, 1.807) is 78.9 Å². The van der Waals surface area contributed by atoms with Gasteiger partial charge < -0.3 is 10.1 Å². The highest BCUT2D eigenvalue weighted by Crippen LogP contribution is 2.38. The van der Waals surface area contributed by atoms with E-state index >= 15 is 0 Å². The number of benzene rings is 3. The first-order chi connectivity index (χ1) is 18.9. The largest absolute Gasteiger partial charge is 0.465 e. The van der Waals surface area contributed by atoms with Gasteiger partial charge in [0.15, 0.2) is 0 Å². The molecule has 0 unspecified atom stereocenters. The molecule has 1 amide bonds. The van der Waals surface area contributed by atoms with Gasteiger partial charge in [-0.15, -0.1) is 11.3 Å². The highest BCUT2D eigenvalue weighted by Gasteiger charge is 2.28. The van der Waals surface area contributed by atoms with Crippen LogP contribution < -0.4 is 9.62 Å². The number of fused-ring (bicyclic) bond motifs is 1. The quantitative estimate of drug-likeness (QED) is 0.265. The fraction of sp³-hybridized carbons (Fsp3) is 0.200. The molecule has 1 aliphatic carbocycles. The van der Waals surface area contributed by atoms with Crippen LogP contribution in [0.2, 0.25) is 0 Å². The van der Waals surface area contributed by atoms with Crippen molar-refractivity contribution in [2.24, 2.45) is 0 Å². The zero-order chi connectivity index (χ0) is 27.4. The summed E-state index contributed by atoms with van der Waals surface area (Å²) in [5.41, 5.74) is 3.09. The van der Waals surface area contributed by atoms with Crippen molar-refractivity contribution >= 4 is 43.9 Å². The molecule has 7 nitrogen and oxygen atoms in total. The lowest BCUT2D eigenvalue weighted by Crippen LogP contribution is -2.30. The third kappa shape index (κ3) is 5.60. The van der Waals surface area contributed by atoms with Gasteiger partial charge in [-0.25, -0.2) is 13.2 Å². The number of sulfonamides is 1. The molecule has 1 heterocycles. The molecule has 200 valence electrons. The normalized spacial score (nSPS) is 12.8. The Balaban J connectivity index is 1.38. The number of carbonyl (C=O) groups is 2. The SMILES string of the molecule is COC(=O)c1c(NC(=O)c2ccc(CN(c3ccccc3)S(=O)(=O)c3ccccc3)cc2)sc2c1CCCC2. The average molecular weight is 561 g/mol. The van der Waals surface area contributed by atoms with E-state index in [1.807, 2.05) is 6.07 Å². The van der Waals surface area contributed by atoms with Gasteiger partial charge in [-0.1, -0.05) is 48.5 Å². The molecule has 0 bridgehead atoms. The van der Waals surface area contributed by atoms with Crippen LogP contribution in [0, 0.1) is 0 Å². The number of amides is 1. The minimum atomic E-state index is -3.83. The number of carbonyl (C=O) groups excluding carboxylic acids is 2. The maximum atomic E-state index is 13.5. The Bertz CT molecular complexity index is 1580. The molecule has 5 rings (SSSR count). The average Bonchev–Trinajstić information content (AvgIpc) is 3.34. The van der Waals surface area contributed by atoms with Crippen LogP contribution in [0.4, 0.5) is 10.7 Å². The number of nitrogens with zero attached hydrogens (tertiary/aromatic N) is 1. The van der Waals surface area contributed by atoms with Crippen LogP contribution in [-0.4, -0.2) is 27.4 Å². The number of rotatable bonds is 8. The van der Waals surface area contributed by atoms with Gasteiger partial charge in [0.2, 0.25) is 0 Å². The summed E-state index contributed by atoms with van der Waals surface area (Å²) < 4.78 is 33.4. The molecule has 0 spiro atoms. The first-order valence-electron chi connectivity index (χ1n) is 12.6. The van der Waals surface area contributed by atoms with Crippen molar-refractivity contribution < 1.29 is 22.7 Å². The molecule has 0 fully saturated rings. The number of ether oxygens (including phenoxy) is 1. The number of methoxy groups -OCH3 is 1. The topological polar surface area (TPSA) is 92.8 Å². The Morgan fingerprint density at radius 2 is 1.54 bits per heavy atom. The lowest BCUT2D eigenvalue weighted by atomic mass is 9.95. The molecule has 9 heteroatoms. The van der Waals surface area contributed by atoms with Gasteiger partial charge in [-0.3, -0.25) is 9.10 Å². The standard InChI is InChI=1S/C30H28N2O5S2/c1-37-30(34)27-25-14-8-9-15-26(25)38-29(27)31-28(33)22-18-16-21(17-19-22)20-32(23-10-4-2-5-11-23)39(35,36)24-12-6-3-7-13-24/h2-7,10-13,16-19H,8-9,14-15,20H2,1H3,(H,31,33). The molecule has 1 N–H and O–H groups in total. The molecule has 0 atom stereocenters. The second-order valence-corrected chi connectivity index (χ2v) is 12.2. The first kappa shape index (κ1) is 26.6. The number of thiophene rings is 1. The summed E-state index contributed by atoms with van der Waals surface area (Å²) in [6.45, 7) is 0.0905. The van der Waals surface area contributed by atoms with Crippen LogP contribution in [0.15, 0.2) is 89.8 Å². The second-order valence-electron chi connectivity index (χ2n) is 9.22. The van der Waals surface area contributed by atoms with E-state index in [-0.39, 0.29) is 17.3 Å². The Morgan fingerprint density at radius 3 is 2.21 bits per heavy atom. The molecule has 0 saturated heterocycles. The van der Waals surface area contributed by atoms with E-state index in [2.05, 4.69) is 5.32 Å². The number of hydrogen-bond acceptors (Lipinski definition) is 6. The van der Waals surface area contributed by atoms with Crippen molar-refractivity contribution in [2.75, 3.05) is 16.7 Å². The Kier molecular flexibility index (Phi) is 7.81. The molecular weight excluding hydrogens is 532 g/mol. The molecule has 0 saturated carbocycles. The maximum Gasteiger partial charge on any atom is 0.341 e. The van der Waals surface area contributed by atoms with Crippen LogP contribution in [0.1, 0.15) is 49.6 Å². The van der Waals surface area contributed by atoms with Crippen LogP contribution >= 0.6 is 11.3 Å². The number of hydrogen-bond donors (Lipinski definition) is 1. The van der Waals surface area contributed by atoms with Gasteiger partial charge in [0.05, 0.1) is 29.8 Å². The number of anilines is 2. The smallest absolute Gasteiger partial charge is 0.341 e. The third-order valence-electron chi connectivity index (χ3n) is 6.71. The van der Waals surface area contributed by atoms with E-state index in [1.165, 1.54) is 22.8 Å². The number of aryl methyl sites for hydroxylation is 1. The predicted octanol–water partition coefficient (Wildman–Crippen LogP) is 6.06. The summed E-state index contributed by atoms with van der Waals surface area (Å²) in [6, 6.07) is 24.0. The zero-order valence-electron chi connectivity index (χ0n) is 21.4. The third-order valence-corrected chi connectivity index (χ3v) is 9.70. The fourth-order valence-corrected chi connectivity index (χ4v) is 7.45. The van der Waals surface area contributed by atoms with E-state index < -0.39 is 16.0 Å². The van der Waals surface area contributed by atoms with Crippen LogP contribution in [-0.2, 0) is 34.1 Å². The molecule has 1 aliphatic rings. The summed E-state index contributed by atoms with van der Waals surface area (Å²) in [6.07, 6.45) is 3.74. The molecule has 1 aromatic heterocycles. The lowest BCUT2D eigenvalue weighted by molar-refractivity contribution is 0.0601. The van der Waals surface area contributed by atoms with E-state index in [0.29, 0.717) is 21.8 Å². The number of esters is 1. The molecular formula is C30H28N2O5S2. The Morgan fingerprint density at radius 1 is 0.897 bits per heavy atom. The van der Waals surface area contributed by atoms with Gasteiger partial charge in [0.25, 0.3) is 15.9 Å². The van der Waals surface area contributed by atoms with Crippen molar-refractivity contribution in [1.29, 1.82) is 0 Å². The van der Waals surface area contributed by atoms with Crippen molar-refractivity contribution in [3.05, 3.63) is 112 Å². The highest BCUT2D eigenvalue weighted by atomic mass is 32.2. The van der Waals surface area contributed by atoms with Crippen LogP contribution in [0.3, 0.4) is 0 Å². The maximum absolute atomic E-state index is 13.5. The molecule has 39 heavy (non-hydrogen) atoms. The molecule has 0 aliphatic heterocycles.